The molecule has 0 radical (unpaired) electrons. The number of imidazole rings is 1. The minimum Gasteiger partial charge on any atom is -0.338 e. The molecule has 3 rings (SSSR count). The summed E-state index contributed by atoms with van der Waals surface area (Å²) in [6.07, 6.45) is 2.55. The van der Waals surface area contributed by atoms with Crippen molar-refractivity contribution >= 4 is 22.8 Å². The first-order chi connectivity index (χ1) is 11.2. The Kier molecular flexibility index (Phi) is 4.52. The van der Waals surface area contributed by atoms with Gasteiger partial charge in [0.05, 0.1) is 23.0 Å². The first-order valence-electron chi connectivity index (χ1n) is 7.43. The minimum atomic E-state index is -0.451. The average molecular weight is 312 g/mol. The van der Waals surface area contributed by atoms with Crippen LogP contribution in [0.15, 0.2) is 54.9 Å². The molecule has 6 heteroatoms. The van der Waals surface area contributed by atoms with Crippen molar-refractivity contribution in [3.63, 3.8) is 0 Å². The van der Waals surface area contributed by atoms with E-state index in [0.29, 0.717) is 6.54 Å². The van der Waals surface area contributed by atoms with Gasteiger partial charge in [0.15, 0.2) is 0 Å². The number of halogens is 1. The van der Waals surface area contributed by atoms with Crippen LogP contribution in [0.3, 0.4) is 0 Å². The maximum absolute atomic E-state index is 13.4. The Bertz CT molecular complexity index is 815. The van der Waals surface area contributed by atoms with Crippen LogP contribution in [0, 0.1) is 5.82 Å². The monoisotopic (exact) mass is 312 g/mol. The SMILES string of the molecule is O=C(NCCCn1cnc2ccccc21)Nc1ccccc1F. The number of nitrogens with zero attached hydrogens (tertiary/aromatic N) is 2. The Morgan fingerprint density at radius 2 is 1.91 bits per heavy atom. The van der Waals surface area contributed by atoms with Gasteiger partial charge in [0.2, 0.25) is 0 Å². The lowest BCUT2D eigenvalue weighted by molar-refractivity contribution is 0.251. The van der Waals surface area contributed by atoms with Crippen molar-refractivity contribution in [2.24, 2.45) is 0 Å². The number of benzene rings is 2. The molecule has 0 aliphatic carbocycles. The van der Waals surface area contributed by atoms with Crippen LogP contribution in [0.1, 0.15) is 6.42 Å². The zero-order chi connectivity index (χ0) is 16.1. The maximum atomic E-state index is 13.4. The minimum absolute atomic E-state index is 0.172. The third-order valence-corrected chi connectivity index (χ3v) is 3.51. The molecule has 0 spiro atoms. The summed E-state index contributed by atoms with van der Waals surface area (Å²) in [5.74, 6) is -0.451. The fourth-order valence-electron chi connectivity index (χ4n) is 2.37. The van der Waals surface area contributed by atoms with E-state index in [2.05, 4.69) is 15.6 Å². The smallest absolute Gasteiger partial charge is 0.319 e. The van der Waals surface area contributed by atoms with Crippen LogP contribution in [-0.2, 0) is 6.54 Å². The number of aryl methyl sites for hydroxylation is 1. The third kappa shape index (κ3) is 3.66. The Labute approximate surface area is 133 Å². The summed E-state index contributed by atoms with van der Waals surface area (Å²) >= 11 is 0. The number of urea groups is 1. The van der Waals surface area contributed by atoms with Gasteiger partial charge in [0.25, 0.3) is 0 Å². The van der Waals surface area contributed by atoms with Crippen LogP contribution >= 0.6 is 0 Å². The van der Waals surface area contributed by atoms with Gasteiger partial charge < -0.3 is 15.2 Å². The van der Waals surface area contributed by atoms with E-state index in [9.17, 15) is 9.18 Å². The molecule has 0 unspecified atom stereocenters. The summed E-state index contributed by atoms with van der Waals surface area (Å²) in [4.78, 5) is 16.0. The van der Waals surface area contributed by atoms with Crippen LogP contribution in [-0.4, -0.2) is 22.1 Å². The van der Waals surface area contributed by atoms with Crippen LogP contribution in [0.4, 0.5) is 14.9 Å². The topological polar surface area (TPSA) is 59.0 Å². The molecule has 5 nitrogen and oxygen atoms in total. The first-order valence-corrected chi connectivity index (χ1v) is 7.43. The zero-order valence-corrected chi connectivity index (χ0v) is 12.5. The number of aromatic nitrogens is 2. The van der Waals surface area contributed by atoms with Gasteiger partial charge in [0.1, 0.15) is 5.82 Å². The molecule has 23 heavy (non-hydrogen) atoms. The molecule has 1 aromatic heterocycles. The highest BCUT2D eigenvalue weighted by molar-refractivity contribution is 5.89. The number of anilines is 1. The lowest BCUT2D eigenvalue weighted by atomic mass is 10.3. The molecule has 0 saturated heterocycles. The van der Waals surface area contributed by atoms with E-state index in [4.69, 9.17) is 0 Å². The molecule has 0 atom stereocenters. The van der Waals surface area contributed by atoms with Gasteiger partial charge in [-0.1, -0.05) is 24.3 Å². The van der Waals surface area contributed by atoms with Gasteiger partial charge >= 0.3 is 6.03 Å². The second-order valence-corrected chi connectivity index (χ2v) is 5.14. The summed E-state index contributed by atoms with van der Waals surface area (Å²) in [5.41, 5.74) is 2.20. The second kappa shape index (κ2) is 6.91. The van der Waals surface area contributed by atoms with Gasteiger partial charge in [-0.05, 0) is 30.7 Å². The van der Waals surface area contributed by atoms with Crippen LogP contribution in [0.2, 0.25) is 0 Å². The molecular weight excluding hydrogens is 295 g/mol. The Morgan fingerprint density at radius 3 is 2.78 bits per heavy atom. The van der Waals surface area contributed by atoms with Crippen LogP contribution in [0.5, 0.6) is 0 Å². The van der Waals surface area contributed by atoms with Crippen LogP contribution in [0.25, 0.3) is 11.0 Å². The quantitative estimate of drug-likeness (QED) is 0.710. The van der Waals surface area contributed by atoms with Crippen molar-refractivity contribution in [1.82, 2.24) is 14.9 Å². The zero-order valence-electron chi connectivity index (χ0n) is 12.5. The van der Waals surface area contributed by atoms with Gasteiger partial charge in [-0.15, -0.1) is 0 Å². The molecule has 0 aliphatic rings. The van der Waals surface area contributed by atoms with Crippen molar-refractivity contribution in [3.05, 3.63) is 60.7 Å². The number of carbonyl (C=O) groups excluding carboxylic acids is 1. The molecule has 1 heterocycles. The summed E-state index contributed by atoms with van der Waals surface area (Å²) in [6.45, 7) is 1.24. The molecule has 0 bridgehead atoms. The summed E-state index contributed by atoms with van der Waals surface area (Å²) in [5, 5.41) is 5.21. The lowest BCUT2D eigenvalue weighted by Gasteiger charge is -2.09. The molecular formula is C17H17FN4O. The lowest BCUT2D eigenvalue weighted by Crippen LogP contribution is -2.30. The normalized spacial score (nSPS) is 10.7. The molecule has 2 amide bonds. The number of hydrogen-bond donors (Lipinski definition) is 2. The Hall–Kier alpha value is -2.89. The van der Waals surface area contributed by atoms with E-state index in [-0.39, 0.29) is 5.69 Å². The van der Waals surface area contributed by atoms with Gasteiger partial charge in [0, 0.05) is 13.1 Å². The molecule has 3 aromatic rings. The van der Waals surface area contributed by atoms with E-state index in [0.717, 1.165) is 24.0 Å². The standard InChI is InChI=1S/C17H17FN4O/c18-13-6-1-2-7-14(13)21-17(23)19-10-5-11-22-12-20-15-8-3-4-9-16(15)22/h1-4,6-9,12H,5,10-11H2,(H2,19,21,23). The third-order valence-electron chi connectivity index (χ3n) is 3.51. The van der Waals surface area contributed by atoms with Gasteiger partial charge in [-0.25, -0.2) is 14.2 Å². The van der Waals surface area contributed by atoms with Crippen molar-refractivity contribution in [2.45, 2.75) is 13.0 Å². The number of hydrogen-bond acceptors (Lipinski definition) is 2. The molecule has 0 saturated carbocycles. The summed E-state index contributed by atoms with van der Waals surface area (Å²) in [7, 11) is 0. The van der Waals surface area contributed by atoms with Crippen molar-refractivity contribution < 1.29 is 9.18 Å². The predicted octanol–water partition coefficient (Wildman–Crippen LogP) is 3.39. The number of nitrogens with one attached hydrogen (secondary N) is 2. The number of rotatable bonds is 5. The fourth-order valence-corrected chi connectivity index (χ4v) is 2.37. The van der Waals surface area contributed by atoms with Crippen LogP contribution < -0.4 is 10.6 Å². The average Bonchev–Trinajstić information content (AvgIpc) is 2.97. The molecule has 118 valence electrons. The number of para-hydroxylation sites is 3. The van der Waals surface area contributed by atoms with E-state index >= 15 is 0 Å². The number of amides is 2. The van der Waals surface area contributed by atoms with Crippen molar-refractivity contribution in [1.29, 1.82) is 0 Å². The molecule has 0 fully saturated rings. The number of fused-ring (bicyclic) bond motifs is 1. The van der Waals surface area contributed by atoms with E-state index < -0.39 is 11.8 Å². The maximum Gasteiger partial charge on any atom is 0.319 e. The highest BCUT2D eigenvalue weighted by atomic mass is 19.1. The van der Waals surface area contributed by atoms with Gasteiger partial charge in [-0.2, -0.15) is 0 Å². The van der Waals surface area contributed by atoms with E-state index in [1.807, 2.05) is 28.8 Å². The molecule has 0 aliphatic heterocycles. The van der Waals surface area contributed by atoms with Crippen molar-refractivity contribution in [3.8, 4) is 0 Å². The van der Waals surface area contributed by atoms with E-state index in [1.54, 1.807) is 18.5 Å². The molecule has 2 aromatic carbocycles. The first kappa shape index (κ1) is 15.0. The molecule has 2 N–H and O–H groups in total. The fraction of sp³-hybridized carbons (Fsp3) is 0.176. The summed E-state index contributed by atoms with van der Waals surface area (Å²) < 4.78 is 15.5. The summed E-state index contributed by atoms with van der Waals surface area (Å²) in [6, 6.07) is 13.6. The predicted molar refractivity (Wildman–Crippen MR) is 87.8 cm³/mol. The van der Waals surface area contributed by atoms with Gasteiger partial charge in [-0.3, -0.25) is 0 Å². The largest absolute Gasteiger partial charge is 0.338 e. The Morgan fingerprint density at radius 1 is 1.13 bits per heavy atom. The number of carbonyl (C=O) groups is 1. The van der Waals surface area contributed by atoms with Crippen molar-refractivity contribution in [2.75, 3.05) is 11.9 Å². The highest BCUT2D eigenvalue weighted by Gasteiger charge is 2.05. The second-order valence-electron chi connectivity index (χ2n) is 5.14. The Balaban J connectivity index is 1.46. The van der Waals surface area contributed by atoms with E-state index in [1.165, 1.54) is 12.1 Å². The highest BCUT2D eigenvalue weighted by Crippen LogP contribution is 2.13.